The van der Waals surface area contributed by atoms with E-state index in [-0.39, 0.29) is 11.1 Å². The Morgan fingerprint density at radius 1 is 1.00 bits per heavy atom. The van der Waals surface area contributed by atoms with Crippen LogP contribution in [0, 0.1) is 6.92 Å². The minimum atomic E-state index is 0.135. The second kappa shape index (κ2) is 6.93. The highest BCUT2D eigenvalue weighted by atomic mass is 16.5. The summed E-state index contributed by atoms with van der Waals surface area (Å²) < 4.78 is 5.45. The molecule has 1 aromatic heterocycles. The Kier molecular flexibility index (Phi) is 5.14. The number of hydrogen-bond donors (Lipinski definition) is 0. The number of anilines is 2. The topological polar surface area (TPSA) is 57.6 Å². The van der Waals surface area contributed by atoms with Crippen LogP contribution in [0.25, 0.3) is 0 Å². The summed E-state index contributed by atoms with van der Waals surface area (Å²) in [5.74, 6) is 2.32. The molecule has 0 spiro atoms. The van der Waals surface area contributed by atoms with E-state index in [4.69, 9.17) is 9.72 Å². The second-order valence-electron chi connectivity index (χ2n) is 8.94. The van der Waals surface area contributed by atoms with E-state index in [1.165, 1.54) is 0 Å². The van der Waals surface area contributed by atoms with Crippen molar-refractivity contribution in [3.05, 3.63) is 5.82 Å². The molecule has 2 saturated heterocycles. The Hall–Kier alpha value is -1.47. The van der Waals surface area contributed by atoms with E-state index >= 15 is 0 Å². The lowest BCUT2D eigenvalue weighted by molar-refractivity contribution is -0.0121. The Morgan fingerprint density at radius 3 is 2.15 bits per heavy atom. The molecule has 0 amide bonds. The summed E-state index contributed by atoms with van der Waals surface area (Å²) in [6.45, 7) is 14.4. The second-order valence-corrected chi connectivity index (χ2v) is 8.94. The molecule has 0 saturated carbocycles. The number of morpholine rings is 1. The van der Waals surface area contributed by atoms with Gasteiger partial charge in [-0.25, -0.2) is 0 Å². The smallest absolute Gasteiger partial charge is 0.230 e. The van der Waals surface area contributed by atoms with Crippen LogP contribution in [0.3, 0.4) is 0 Å². The first-order valence-corrected chi connectivity index (χ1v) is 9.62. The van der Waals surface area contributed by atoms with Crippen LogP contribution in [-0.4, -0.2) is 77.4 Å². The van der Waals surface area contributed by atoms with Crippen LogP contribution in [0.1, 0.15) is 46.4 Å². The highest BCUT2D eigenvalue weighted by Gasteiger charge is 2.44. The average Bonchev–Trinajstić information content (AvgIpc) is 2.58. The zero-order chi connectivity index (χ0) is 19.1. The standard InChI is InChI=1S/C19H34N6O/c1-14-20-16(22-17(21-14)25-8-10-26-11-9-25)23(6)15-12-18(2,3)24(7)19(4,5)13-15/h15H,8-13H2,1-7H3. The molecular formula is C19H34N6O. The molecule has 2 aliphatic heterocycles. The Morgan fingerprint density at radius 2 is 1.58 bits per heavy atom. The van der Waals surface area contributed by atoms with E-state index in [9.17, 15) is 0 Å². The summed E-state index contributed by atoms with van der Waals surface area (Å²) in [6.07, 6.45) is 2.17. The maximum absolute atomic E-state index is 5.45. The quantitative estimate of drug-likeness (QED) is 0.816. The van der Waals surface area contributed by atoms with E-state index in [0.717, 1.165) is 56.9 Å². The molecule has 3 rings (SSSR count). The third-order valence-corrected chi connectivity index (χ3v) is 6.17. The van der Waals surface area contributed by atoms with Crippen LogP contribution < -0.4 is 9.80 Å². The molecule has 146 valence electrons. The first-order valence-electron chi connectivity index (χ1n) is 9.62. The minimum Gasteiger partial charge on any atom is -0.378 e. The van der Waals surface area contributed by atoms with Crippen LogP contribution in [0.5, 0.6) is 0 Å². The molecule has 7 nitrogen and oxygen atoms in total. The number of ether oxygens (including phenoxy) is 1. The van der Waals surface area contributed by atoms with Crippen LogP contribution in [-0.2, 0) is 4.74 Å². The highest BCUT2D eigenvalue weighted by Crippen LogP contribution is 2.39. The fraction of sp³-hybridized carbons (Fsp3) is 0.842. The van der Waals surface area contributed by atoms with Crippen molar-refractivity contribution >= 4 is 11.9 Å². The van der Waals surface area contributed by atoms with Gasteiger partial charge in [0, 0.05) is 37.3 Å². The van der Waals surface area contributed by atoms with Gasteiger partial charge in [0.05, 0.1) is 13.2 Å². The molecule has 0 atom stereocenters. The lowest BCUT2D eigenvalue weighted by Gasteiger charge is -2.55. The molecule has 3 heterocycles. The number of rotatable bonds is 3. The van der Waals surface area contributed by atoms with Crippen molar-refractivity contribution in [3.8, 4) is 0 Å². The van der Waals surface area contributed by atoms with Crippen molar-refractivity contribution in [1.29, 1.82) is 0 Å². The molecule has 1 aromatic rings. The summed E-state index contributed by atoms with van der Waals surface area (Å²) in [7, 11) is 4.36. The van der Waals surface area contributed by atoms with Crippen molar-refractivity contribution in [1.82, 2.24) is 19.9 Å². The summed E-state index contributed by atoms with van der Waals surface area (Å²) in [5.41, 5.74) is 0.269. The van der Waals surface area contributed by atoms with Crippen molar-refractivity contribution in [3.63, 3.8) is 0 Å². The zero-order valence-corrected chi connectivity index (χ0v) is 17.4. The predicted molar refractivity (Wildman–Crippen MR) is 105 cm³/mol. The van der Waals surface area contributed by atoms with Crippen molar-refractivity contribution in [2.75, 3.05) is 50.2 Å². The molecule has 0 bridgehead atoms. The van der Waals surface area contributed by atoms with E-state index in [1.807, 2.05) is 6.92 Å². The maximum Gasteiger partial charge on any atom is 0.230 e. The number of piperidine rings is 1. The van der Waals surface area contributed by atoms with Crippen molar-refractivity contribution in [2.45, 2.75) is 64.6 Å². The SMILES string of the molecule is Cc1nc(N2CCOCC2)nc(N(C)C2CC(C)(C)N(C)C(C)(C)C2)n1. The number of aromatic nitrogens is 3. The number of nitrogens with zero attached hydrogens (tertiary/aromatic N) is 6. The van der Waals surface area contributed by atoms with Crippen molar-refractivity contribution < 1.29 is 4.74 Å². The lowest BCUT2D eigenvalue weighted by Crippen LogP contribution is -2.62. The third-order valence-electron chi connectivity index (χ3n) is 6.17. The Labute approximate surface area is 157 Å². The van der Waals surface area contributed by atoms with Crippen LogP contribution in [0.4, 0.5) is 11.9 Å². The monoisotopic (exact) mass is 362 g/mol. The highest BCUT2D eigenvalue weighted by molar-refractivity contribution is 5.40. The number of aryl methyl sites for hydroxylation is 1. The van der Waals surface area contributed by atoms with Gasteiger partial charge in [0.1, 0.15) is 5.82 Å². The van der Waals surface area contributed by atoms with Crippen LogP contribution in [0.15, 0.2) is 0 Å². The Balaban J connectivity index is 1.85. The molecule has 2 aliphatic rings. The van der Waals surface area contributed by atoms with Gasteiger partial charge in [-0.05, 0) is 54.5 Å². The van der Waals surface area contributed by atoms with E-state index in [1.54, 1.807) is 0 Å². The normalized spacial score (nSPS) is 23.9. The minimum absolute atomic E-state index is 0.135. The van der Waals surface area contributed by atoms with Gasteiger partial charge < -0.3 is 14.5 Å². The van der Waals surface area contributed by atoms with Gasteiger partial charge in [0.15, 0.2) is 0 Å². The maximum atomic E-state index is 5.45. The molecule has 0 radical (unpaired) electrons. The summed E-state index contributed by atoms with van der Waals surface area (Å²) >= 11 is 0. The molecular weight excluding hydrogens is 328 g/mol. The first-order chi connectivity index (χ1) is 12.1. The Bertz CT molecular complexity index is 623. The van der Waals surface area contributed by atoms with Gasteiger partial charge >= 0.3 is 0 Å². The number of hydrogen-bond acceptors (Lipinski definition) is 7. The molecule has 0 aliphatic carbocycles. The average molecular weight is 363 g/mol. The zero-order valence-electron chi connectivity index (χ0n) is 17.4. The summed E-state index contributed by atoms with van der Waals surface area (Å²) in [4.78, 5) is 21.0. The van der Waals surface area contributed by atoms with Gasteiger partial charge in [0.2, 0.25) is 11.9 Å². The largest absolute Gasteiger partial charge is 0.378 e. The fourth-order valence-corrected chi connectivity index (χ4v) is 4.27. The molecule has 0 N–H and O–H groups in total. The molecule has 7 heteroatoms. The third kappa shape index (κ3) is 3.78. The molecule has 26 heavy (non-hydrogen) atoms. The summed E-state index contributed by atoms with van der Waals surface area (Å²) in [5, 5.41) is 0. The predicted octanol–water partition coefficient (Wildman–Crippen LogP) is 2.10. The van der Waals surface area contributed by atoms with Gasteiger partial charge in [0.25, 0.3) is 0 Å². The van der Waals surface area contributed by atoms with E-state index in [0.29, 0.717) is 6.04 Å². The van der Waals surface area contributed by atoms with Crippen LogP contribution >= 0.6 is 0 Å². The molecule has 0 unspecified atom stereocenters. The summed E-state index contributed by atoms with van der Waals surface area (Å²) in [6, 6.07) is 0.399. The van der Waals surface area contributed by atoms with Gasteiger partial charge in [-0.3, -0.25) is 4.90 Å². The van der Waals surface area contributed by atoms with Crippen molar-refractivity contribution in [2.24, 2.45) is 0 Å². The van der Waals surface area contributed by atoms with Gasteiger partial charge in [-0.1, -0.05) is 0 Å². The van der Waals surface area contributed by atoms with Crippen LogP contribution in [0.2, 0.25) is 0 Å². The first kappa shape index (κ1) is 19.3. The van der Waals surface area contributed by atoms with E-state index in [2.05, 4.69) is 66.5 Å². The lowest BCUT2D eigenvalue weighted by atomic mass is 9.77. The molecule has 0 aromatic carbocycles. The molecule has 2 fully saturated rings. The number of likely N-dealkylation sites (tertiary alicyclic amines) is 1. The fourth-order valence-electron chi connectivity index (χ4n) is 4.27. The van der Waals surface area contributed by atoms with Gasteiger partial charge in [-0.15, -0.1) is 0 Å². The van der Waals surface area contributed by atoms with Gasteiger partial charge in [-0.2, -0.15) is 15.0 Å². The van der Waals surface area contributed by atoms with E-state index < -0.39 is 0 Å².